The van der Waals surface area contributed by atoms with Gasteiger partial charge in [0, 0.05) is 37.0 Å². The predicted octanol–water partition coefficient (Wildman–Crippen LogP) is 8.70. The third-order valence-corrected chi connectivity index (χ3v) is 5.77. The van der Waals surface area contributed by atoms with Gasteiger partial charge in [0.2, 0.25) is 0 Å². The molecule has 0 unspecified atom stereocenters. The summed E-state index contributed by atoms with van der Waals surface area (Å²) in [6.45, 7) is 22.0. The molecule has 0 spiro atoms. The van der Waals surface area contributed by atoms with Crippen LogP contribution >= 0.6 is 0 Å². The number of aliphatic hydroxyl groups excluding tert-OH is 1. The van der Waals surface area contributed by atoms with Crippen molar-refractivity contribution in [1.82, 2.24) is 4.98 Å². The van der Waals surface area contributed by atoms with Gasteiger partial charge < -0.3 is 5.11 Å². The zero-order valence-corrected chi connectivity index (χ0v) is 26.1. The molecule has 1 N–H and O–H groups in total. The molecule has 1 heterocycles. The maximum atomic E-state index is 11.5. The van der Waals surface area contributed by atoms with Gasteiger partial charge in [-0.25, -0.2) is 0 Å². The van der Waals surface area contributed by atoms with E-state index in [2.05, 4.69) is 83.1 Å². The van der Waals surface area contributed by atoms with Gasteiger partial charge in [0.1, 0.15) is 5.76 Å². The van der Waals surface area contributed by atoms with E-state index in [1.165, 1.54) is 22.6 Å². The summed E-state index contributed by atoms with van der Waals surface area (Å²) in [6.07, 6.45) is 1.33. The topological polar surface area (TPSA) is 50.2 Å². The first-order valence-electron chi connectivity index (χ1n) is 12.3. The summed E-state index contributed by atoms with van der Waals surface area (Å²) in [5.74, 6) is 0.104. The SMILES string of the molecule is CC(C)(C)C(=O)/C=C(\O)C(C)(C)C.Cc1[c-]c(-c2ccc3cc(C)ccc3n2)cc(C(C)(C)C)c1.[Ir]. The van der Waals surface area contributed by atoms with Crippen molar-refractivity contribution in [2.75, 3.05) is 0 Å². The number of ketones is 1. The van der Waals surface area contributed by atoms with E-state index in [9.17, 15) is 9.90 Å². The number of nitrogens with zero attached hydrogens (tertiary/aromatic N) is 1. The normalized spacial score (nSPS) is 12.5. The molecule has 1 aromatic heterocycles. The van der Waals surface area contributed by atoms with Gasteiger partial charge in [-0.15, -0.1) is 34.9 Å². The van der Waals surface area contributed by atoms with Crippen molar-refractivity contribution in [1.29, 1.82) is 0 Å². The summed E-state index contributed by atoms with van der Waals surface area (Å²) in [5, 5.41) is 10.7. The zero-order chi connectivity index (χ0) is 26.8. The van der Waals surface area contributed by atoms with Gasteiger partial charge in [-0.05, 0) is 35.6 Å². The van der Waals surface area contributed by atoms with Gasteiger partial charge >= 0.3 is 0 Å². The van der Waals surface area contributed by atoms with Crippen molar-refractivity contribution < 1.29 is 30.0 Å². The molecule has 0 saturated heterocycles. The van der Waals surface area contributed by atoms with Gasteiger partial charge in [-0.2, -0.15) is 0 Å². The Labute approximate surface area is 231 Å². The van der Waals surface area contributed by atoms with E-state index in [-0.39, 0.29) is 42.5 Å². The van der Waals surface area contributed by atoms with E-state index < -0.39 is 5.41 Å². The number of rotatable bonds is 2. The minimum Gasteiger partial charge on any atom is -0.512 e. The van der Waals surface area contributed by atoms with Gasteiger partial charge in [0.15, 0.2) is 5.78 Å². The van der Waals surface area contributed by atoms with Crippen LogP contribution in [0.2, 0.25) is 0 Å². The molecule has 0 saturated carbocycles. The Kier molecular flexibility index (Phi) is 10.4. The molecule has 0 fully saturated rings. The third-order valence-electron chi connectivity index (χ3n) is 5.77. The summed E-state index contributed by atoms with van der Waals surface area (Å²) in [4.78, 5) is 16.3. The minimum absolute atomic E-state index is 0. The zero-order valence-electron chi connectivity index (χ0n) is 23.8. The van der Waals surface area contributed by atoms with Crippen LogP contribution in [0.3, 0.4) is 0 Å². The van der Waals surface area contributed by atoms with Crippen LogP contribution in [0.15, 0.2) is 54.3 Å². The van der Waals surface area contributed by atoms with E-state index >= 15 is 0 Å². The van der Waals surface area contributed by atoms with Crippen LogP contribution in [0.1, 0.15) is 79.0 Å². The average molecular weight is 665 g/mol. The Hall–Kier alpha value is -2.29. The first-order chi connectivity index (χ1) is 15.9. The van der Waals surface area contributed by atoms with E-state index in [4.69, 9.17) is 4.98 Å². The summed E-state index contributed by atoms with van der Waals surface area (Å²) in [7, 11) is 0. The van der Waals surface area contributed by atoms with Crippen molar-refractivity contribution in [3.63, 3.8) is 0 Å². The van der Waals surface area contributed by atoms with Crippen LogP contribution in [0.4, 0.5) is 0 Å². The first kappa shape index (κ1) is 31.7. The Bertz CT molecular complexity index is 1240. The fraction of sp³-hybridized carbons (Fsp3) is 0.438. The molecular weight excluding hydrogens is 623 g/mol. The van der Waals surface area contributed by atoms with Crippen LogP contribution in [-0.2, 0) is 30.3 Å². The van der Waals surface area contributed by atoms with Gasteiger partial charge in [-0.1, -0.05) is 93.0 Å². The number of fused-ring (bicyclic) bond motifs is 1. The molecule has 0 atom stereocenters. The average Bonchev–Trinajstić information content (AvgIpc) is 2.71. The van der Waals surface area contributed by atoms with Gasteiger partial charge in [-0.3, -0.25) is 9.78 Å². The van der Waals surface area contributed by atoms with E-state index in [0.717, 1.165) is 22.3 Å². The number of aryl methyl sites for hydroxylation is 2. The summed E-state index contributed by atoms with van der Waals surface area (Å²) < 4.78 is 0. The van der Waals surface area contributed by atoms with Crippen molar-refractivity contribution in [2.45, 2.75) is 81.6 Å². The van der Waals surface area contributed by atoms with Crippen molar-refractivity contribution >= 4 is 16.7 Å². The van der Waals surface area contributed by atoms with Crippen LogP contribution in [0.25, 0.3) is 22.2 Å². The number of pyridine rings is 1. The van der Waals surface area contributed by atoms with E-state index in [0.29, 0.717) is 0 Å². The van der Waals surface area contributed by atoms with Gasteiger partial charge in [0.05, 0.1) is 5.52 Å². The largest absolute Gasteiger partial charge is 0.512 e. The Morgan fingerprint density at radius 3 is 2.00 bits per heavy atom. The smallest absolute Gasteiger partial charge is 0.164 e. The molecule has 0 aliphatic heterocycles. The number of carbonyl (C=O) groups is 1. The number of carbonyl (C=O) groups excluding carboxylic acids is 1. The number of hydrogen-bond donors (Lipinski definition) is 1. The molecular formula is C32H42IrNO2-. The molecule has 1 radical (unpaired) electrons. The maximum absolute atomic E-state index is 11.5. The molecule has 36 heavy (non-hydrogen) atoms. The van der Waals surface area contributed by atoms with Gasteiger partial charge in [0.25, 0.3) is 0 Å². The van der Waals surface area contributed by atoms with Crippen LogP contribution in [-0.4, -0.2) is 15.9 Å². The number of aromatic nitrogens is 1. The molecule has 3 nitrogen and oxygen atoms in total. The standard InChI is InChI=1S/C21H22N.C11H20O2.Ir/c1-14-6-8-19-16(10-14)7-9-20(22-19)17-11-15(2)12-18(13-17)21(3,4)5;1-10(2,3)8(12)7-9(13)11(4,5)6;/h6-10,12-13H,1-5H3;7,12H,1-6H3;/q-1;;/b;8-7-;. The summed E-state index contributed by atoms with van der Waals surface area (Å²) in [6, 6.07) is 18.5. The molecule has 0 amide bonds. The third kappa shape index (κ3) is 8.98. The van der Waals surface area contributed by atoms with Crippen LogP contribution in [0.5, 0.6) is 0 Å². The molecule has 2 aromatic carbocycles. The number of benzene rings is 2. The molecule has 0 aliphatic rings. The fourth-order valence-electron chi connectivity index (χ4n) is 3.24. The second kappa shape index (κ2) is 11.8. The van der Waals surface area contributed by atoms with E-state index in [1.54, 1.807) is 0 Å². The molecule has 3 aromatic rings. The predicted molar refractivity (Wildman–Crippen MR) is 149 cm³/mol. The van der Waals surface area contributed by atoms with Crippen molar-refractivity contribution in [3.05, 3.63) is 77.1 Å². The minimum atomic E-state index is -0.417. The molecule has 0 bridgehead atoms. The second-order valence-corrected chi connectivity index (χ2v) is 12.5. The number of aliphatic hydroxyl groups is 1. The monoisotopic (exact) mass is 665 g/mol. The molecule has 4 heteroatoms. The van der Waals surface area contributed by atoms with E-state index in [1.807, 2.05) is 41.5 Å². The molecule has 197 valence electrons. The molecule has 3 rings (SSSR count). The second-order valence-electron chi connectivity index (χ2n) is 12.5. The number of hydrogen-bond acceptors (Lipinski definition) is 3. The number of allylic oxidation sites excluding steroid dienone is 2. The fourth-order valence-corrected chi connectivity index (χ4v) is 3.24. The summed E-state index contributed by atoms with van der Waals surface area (Å²) >= 11 is 0. The molecule has 0 aliphatic carbocycles. The van der Waals surface area contributed by atoms with Crippen LogP contribution < -0.4 is 0 Å². The Morgan fingerprint density at radius 1 is 0.861 bits per heavy atom. The van der Waals surface area contributed by atoms with Crippen molar-refractivity contribution in [3.8, 4) is 11.3 Å². The maximum Gasteiger partial charge on any atom is 0.164 e. The first-order valence-corrected chi connectivity index (χ1v) is 12.3. The quantitative estimate of drug-likeness (QED) is 0.169. The Morgan fingerprint density at radius 2 is 1.47 bits per heavy atom. The van der Waals surface area contributed by atoms with Crippen molar-refractivity contribution in [2.24, 2.45) is 10.8 Å². The Balaban J connectivity index is 0.000000402. The summed E-state index contributed by atoms with van der Waals surface area (Å²) in [5.41, 5.74) is 6.22. The van der Waals surface area contributed by atoms with Crippen LogP contribution in [0, 0.1) is 30.7 Å².